The van der Waals surface area contributed by atoms with Gasteiger partial charge in [0.25, 0.3) is 5.56 Å². The Balaban J connectivity index is 1.49. The molecule has 5 rings (SSSR count). The van der Waals surface area contributed by atoms with Crippen LogP contribution in [0, 0.1) is 11.2 Å². The van der Waals surface area contributed by atoms with Crippen LogP contribution in [0.5, 0.6) is 0 Å². The van der Waals surface area contributed by atoms with E-state index in [0.717, 1.165) is 39.0 Å². The van der Waals surface area contributed by atoms with Gasteiger partial charge in [-0.25, -0.2) is 4.39 Å². The van der Waals surface area contributed by atoms with Gasteiger partial charge < -0.3 is 9.64 Å². The molecule has 29 heavy (non-hydrogen) atoms. The quantitative estimate of drug-likeness (QED) is 0.720. The summed E-state index contributed by atoms with van der Waals surface area (Å²) in [5, 5.41) is 7.51. The van der Waals surface area contributed by atoms with Crippen molar-refractivity contribution in [1.82, 2.24) is 19.7 Å². The van der Waals surface area contributed by atoms with Gasteiger partial charge >= 0.3 is 0 Å². The third-order valence-corrected chi connectivity index (χ3v) is 6.38. The third kappa shape index (κ3) is 3.02. The maximum Gasteiger partial charge on any atom is 0.266 e. The van der Waals surface area contributed by atoms with Crippen molar-refractivity contribution in [2.45, 2.75) is 32.3 Å². The van der Waals surface area contributed by atoms with Gasteiger partial charge in [0.2, 0.25) is 5.95 Å². The zero-order chi connectivity index (χ0) is 20.2. The molecule has 1 spiro atoms. The third-order valence-electron chi connectivity index (χ3n) is 6.38. The number of fused-ring (bicyclic) bond motifs is 1. The molecule has 0 radical (unpaired) electrons. The summed E-state index contributed by atoms with van der Waals surface area (Å²) in [5.74, 6) is 0.270. The molecule has 0 aliphatic carbocycles. The summed E-state index contributed by atoms with van der Waals surface area (Å²) >= 11 is 0. The largest absolute Gasteiger partial charge is 0.378 e. The Labute approximate surface area is 167 Å². The fourth-order valence-corrected chi connectivity index (χ4v) is 4.75. The first kappa shape index (κ1) is 18.3. The normalized spacial score (nSPS) is 21.3. The minimum atomic E-state index is -0.368. The molecule has 7 nitrogen and oxygen atoms in total. The van der Waals surface area contributed by atoms with Crippen molar-refractivity contribution in [3.05, 3.63) is 40.4 Å². The van der Waals surface area contributed by atoms with Crippen LogP contribution < -0.4 is 10.5 Å². The lowest BCUT2D eigenvalue weighted by molar-refractivity contribution is 0.0974. The minimum absolute atomic E-state index is 0.184. The molecule has 0 bridgehead atoms. The Bertz CT molecular complexity index is 1130. The molecule has 1 aromatic carbocycles. The number of aromatic amines is 1. The van der Waals surface area contributed by atoms with Gasteiger partial charge in [-0.1, -0.05) is 12.1 Å². The van der Waals surface area contributed by atoms with Crippen LogP contribution in [0.3, 0.4) is 0 Å². The van der Waals surface area contributed by atoms with Crippen molar-refractivity contribution in [2.75, 3.05) is 24.6 Å². The minimum Gasteiger partial charge on any atom is -0.378 e. The number of halogens is 1. The number of rotatable bonds is 2. The van der Waals surface area contributed by atoms with Crippen LogP contribution in [0.4, 0.5) is 10.3 Å². The molecular weight excluding hydrogens is 373 g/mol. The summed E-state index contributed by atoms with van der Waals surface area (Å²) in [4.78, 5) is 20.0. The Hall–Kier alpha value is -2.74. The molecule has 1 N–H and O–H groups in total. The molecular formula is C21H24FN5O2. The first-order valence-corrected chi connectivity index (χ1v) is 10.0. The predicted molar refractivity (Wildman–Crippen MR) is 108 cm³/mol. The highest BCUT2D eigenvalue weighted by Crippen LogP contribution is 2.42. The van der Waals surface area contributed by atoms with Crippen molar-refractivity contribution >= 4 is 17.0 Å². The lowest BCUT2D eigenvalue weighted by Crippen LogP contribution is -2.43. The topological polar surface area (TPSA) is 76.0 Å². The Morgan fingerprint density at radius 1 is 1.31 bits per heavy atom. The van der Waals surface area contributed by atoms with E-state index in [-0.39, 0.29) is 16.8 Å². The molecule has 0 unspecified atom stereocenters. The smallest absolute Gasteiger partial charge is 0.266 e. The zero-order valence-corrected chi connectivity index (χ0v) is 16.6. The first-order valence-electron chi connectivity index (χ1n) is 10.0. The number of hydrogen-bond donors (Lipinski definition) is 1. The number of hydrogen-bond acceptors (Lipinski definition) is 5. The van der Waals surface area contributed by atoms with Gasteiger partial charge in [-0.15, -0.1) is 0 Å². The van der Waals surface area contributed by atoms with E-state index in [1.807, 2.05) is 0 Å². The number of anilines is 1. The van der Waals surface area contributed by atoms with E-state index in [2.05, 4.69) is 22.0 Å². The summed E-state index contributed by atoms with van der Waals surface area (Å²) in [6.45, 7) is 4.64. The van der Waals surface area contributed by atoms with Gasteiger partial charge in [0.15, 0.2) is 5.65 Å². The number of benzene rings is 1. The molecule has 2 aliphatic rings. The van der Waals surface area contributed by atoms with E-state index in [1.165, 1.54) is 12.1 Å². The molecule has 1 atom stereocenters. The van der Waals surface area contributed by atoms with Crippen LogP contribution in [0.25, 0.3) is 22.3 Å². The lowest BCUT2D eigenvalue weighted by atomic mass is 9.77. The van der Waals surface area contributed by atoms with Crippen molar-refractivity contribution < 1.29 is 9.13 Å². The number of piperidine rings is 1. The molecule has 2 saturated heterocycles. The van der Waals surface area contributed by atoms with E-state index in [9.17, 15) is 9.18 Å². The van der Waals surface area contributed by atoms with Crippen molar-refractivity contribution in [3.8, 4) is 11.3 Å². The van der Waals surface area contributed by atoms with Crippen LogP contribution >= 0.6 is 0 Å². The standard InChI is InChI=1S/C21H24FN5O2/c1-13-11-21(12-29-13)6-8-27(9-7-21)20-23-18-16(19(28)26(20)2)17(24-25-18)14-4-3-5-15(22)10-14/h3-5,10,13H,6-9,11-12H2,1-2H3,(H,24,25)/t13-/m0/s1. The summed E-state index contributed by atoms with van der Waals surface area (Å²) in [6, 6.07) is 6.08. The van der Waals surface area contributed by atoms with Crippen molar-refractivity contribution in [1.29, 1.82) is 0 Å². The van der Waals surface area contributed by atoms with Gasteiger partial charge in [-0.2, -0.15) is 10.1 Å². The molecule has 0 saturated carbocycles. The second-order valence-corrected chi connectivity index (χ2v) is 8.39. The van der Waals surface area contributed by atoms with Crippen LogP contribution in [0.15, 0.2) is 29.1 Å². The van der Waals surface area contributed by atoms with E-state index >= 15 is 0 Å². The van der Waals surface area contributed by atoms with Crippen molar-refractivity contribution in [2.24, 2.45) is 12.5 Å². The molecule has 0 amide bonds. The summed E-state index contributed by atoms with van der Waals surface area (Å²) < 4.78 is 21.0. The van der Waals surface area contributed by atoms with Crippen LogP contribution in [-0.4, -0.2) is 45.5 Å². The number of ether oxygens (including phenoxy) is 1. The number of H-pyrrole nitrogens is 1. The first-order chi connectivity index (χ1) is 14.0. The number of nitrogens with zero attached hydrogens (tertiary/aromatic N) is 4. The van der Waals surface area contributed by atoms with Crippen molar-refractivity contribution in [3.63, 3.8) is 0 Å². The average Bonchev–Trinajstić information content (AvgIpc) is 3.29. The number of aromatic nitrogens is 4. The maximum atomic E-state index is 13.6. The average molecular weight is 397 g/mol. The highest BCUT2D eigenvalue weighted by molar-refractivity contribution is 5.90. The SMILES string of the molecule is C[C@H]1CC2(CCN(c3nc4[nH]nc(-c5cccc(F)c5)c4c(=O)n3C)CC2)CO1. The molecule has 2 aromatic heterocycles. The lowest BCUT2D eigenvalue weighted by Gasteiger charge is -2.39. The Morgan fingerprint density at radius 2 is 2.10 bits per heavy atom. The highest BCUT2D eigenvalue weighted by Gasteiger charge is 2.41. The van der Waals surface area contributed by atoms with Gasteiger partial charge in [0, 0.05) is 25.7 Å². The second-order valence-electron chi connectivity index (χ2n) is 8.39. The van der Waals surface area contributed by atoms with E-state index in [0.29, 0.717) is 34.3 Å². The molecule has 8 heteroatoms. The van der Waals surface area contributed by atoms with Crippen LogP contribution in [0.1, 0.15) is 26.2 Å². The van der Waals surface area contributed by atoms with Gasteiger partial charge in [0.05, 0.1) is 12.7 Å². The molecule has 2 aliphatic heterocycles. The highest BCUT2D eigenvalue weighted by atomic mass is 19.1. The van der Waals surface area contributed by atoms with Gasteiger partial charge in [0.1, 0.15) is 16.9 Å². The van der Waals surface area contributed by atoms with E-state index in [1.54, 1.807) is 23.7 Å². The molecule has 4 heterocycles. The van der Waals surface area contributed by atoms with E-state index < -0.39 is 0 Å². The fourth-order valence-electron chi connectivity index (χ4n) is 4.75. The van der Waals surface area contributed by atoms with Crippen LogP contribution in [0.2, 0.25) is 0 Å². The molecule has 3 aromatic rings. The maximum absolute atomic E-state index is 13.6. The fraction of sp³-hybridized carbons (Fsp3) is 0.476. The van der Waals surface area contributed by atoms with Crippen LogP contribution in [-0.2, 0) is 11.8 Å². The monoisotopic (exact) mass is 397 g/mol. The van der Waals surface area contributed by atoms with Gasteiger partial charge in [-0.05, 0) is 43.7 Å². The Morgan fingerprint density at radius 3 is 2.79 bits per heavy atom. The molecule has 2 fully saturated rings. The summed E-state index contributed by atoms with van der Waals surface area (Å²) in [5.41, 5.74) is 1.49. The second kappa shape index (κ2) is 6.66. The Kier molecular flexibility index (Phi) is 4.20. The molecule has 152 valence electrons. The zero-order valence-electron chi connectivity index (χ0n) is 16.6. The summed E-state index contributed by atoms with van der Waals surface area (Å²) in [7, 11) is 1.73. The van der Waals surface area contributed by atoms with E-state index in [4.69, 9.17) is 9.72 Å². The van der Waals surface area contributed by atoms with Gasteiger partial charge in [-0.3, -0.25) is 14.5 Å². The summed E-state index contributed by atoms with van der Waals surface area (Å²) in [6.07, 6.45) is 3.49. The predicted octanol–water partition coefficient (Wildman–Crippen LogP) is 2.86. The number of nitrogens with one attached hydrogen (secondary N) is 1.